The third-order valence-electron chi connectivity index (χ3n) is 3.56. The Kier molecular flexibility index (Phi) is 7.74. The zero-order chi connectivity index (χ0) is 17.2. The van der Waals surface area contributed by atoms with Crippen molar-refractivity contribution in [1.82, 2.24) is 5.32 Å². The van der Waals surface area contributed by atoms with Crippen LogP contribution in [-0.4, -0.2) is 28.8 Å². The molecule has 1 rings (SSSR count). The number of Topliss-reactive ketones (excluding diaryl/α,β-unsaturated/α-hetero) is 1. The van der Waals surface area contributed by atoms with E-state index in [4.69, 9.17) is 5.11 Å². The van der Waals surface area contributed by atoms with Crippen LogP contribution in [0.4, 0.5) is 0 Å². The number of nitrogens with one attached hydrogen (secondary N) is 1. The van der Waals surface area contributed by atoms with E-state index in [-0.39, 0.29) is 25.0 Å². The number of carboxylic acid groups (broad SMARTS) is 1. The summed E-state index contributed by atoms with van der Waals surface area (Å²) < 4.78 is 0. The van der Waals surface area contributed by atoms with Crippen molar-refractivity contribution in [3.63, 3.8) is 0 Å². The summed E-state index contributed by atoms with van der Waals surface area (Å²) in [7, 11) is 0. The maximum Gasteiger partial charge on any atom is 0.326 e. The zero-order valence-electron chi connectivity index (χ0n) is 13.4. The van der Waals surface area contributed by atoms with E-state index in [0.717, 1.165) is 12.0 Å². The van der Waals surface area contributed by atoms with Gasteiger partial charge in [0.2, 0.25) is 5.91 Å². The number of aryl methyl sites for hydroxylation is 1. The van der Waals surface area contributed by atoms with Gasteiger partial charge in [0.05, 0.1) is 0 Å². The minimum Gasteiger partial charge on any atom is -0.480 e. The van der Waals surface area contributed by atoms with E-state index < -0.39 is 17.9 Å². The monoisotopic (exact) mass is 317 g/mol. The van der Waals surface area contributed by atoms with Crippen molar-refractivity contribution in [3.05, 3.63) is 48.0 Å². The van der Waals surface area contributed by atoms with E-state index in [0.29, 0.717) is 12.0 Å². The van der Waals surface area contributed by atoms with E-state index in [1.54, 1.807) is 18.2 Å². The summed E-state index contributed by atoms with van der Waals surface area (Å²) in [6.07, 6.45) is 3.33. The van der Waals surface area contributed by atoms with Crippen molar-refractivity contribution in [3.8, 4) is 0 Å². The number of amides is 1. The van der Waals surface area contributed by atoms with Crippen LogP contribution in [0.25, 0.3) is 0 Å². The first-order valence-electron chi connectivity index (χ1n) is 7.73. The van der Waals surface area contributed by atoms with Gasteiger partial charge in [-0.05, 0) is 24.8 Å². The standard InChI is InChI=1S/C18H23NO4/c1-3-5-6-15(18(22)23)19-17(21)12-11-16(20)14-9-7-13(4-2)8-10-14/h3,7-10,15H,1,4-6,11-12H2,2H3,(H,19,21)(H,22,23). The average Bonchev–Trinajstić information content (AvgIpc) is 2.56. The Morgan fingerprint density at radius 1 is 1.22 bits per heavy atom. The second kappa shape index (κ2) is 9.56. The van der Waals surface area contributed by atoms with Crippen LogP contribution in [0.2, 0.25) is 0 Å². The number of carbonyl (C=O) groups excluding carboxylic acids is 2. The number of aliphatic carboxylic acids is 1. The molecule has 1 atom stereocenters. The highest BCUT2D eigenvalue weighted by Gasteiger charge is 2.19. The van der Waals surface area contributed by atoms with E-state index >= 15 is 0 Å². The SMILES string of the molecule is C=CCCC(NC(=O)CCC(=O)c1ccc(CC)cc1)C(=O)O. The van der Waals surface area contributed by atoms with Gasteiger partial charge in [0.1, 0.15) is 6.04 Å². The lowest BCUT2D eigenvalue weighted by molar-refractivity contribution is -0.142. The van der Waals surface area contributed by atoms with E-state index in [1.165, 1.54) is 0 Å². The molecule has 0 aliphatic carbocycles. The molecule has 0 saturated heterocycles. The summed E-state index contributed by atoms with van der Waals surface area (Å²) in [6, 6.07) is 6.35. The normalized spacial score (nSPS) is 11.5. The lowest BCUT2D eigenvalue weighted by Crippen LogP contribution is -2.40. The largest absolute Gasteiger partial charge is 0.480 e. The van der Waals surface area contributed by atoms with Gasteiger partial charge < -0.3 is 10.4 Å². The number of hydrogen-bond donors (Lipinski definition) is 2. The molecule has 0 aliphatic rings. The van der Waals surface area contributed by atoms with Crippen LogP contribution >= 0.6 is 0 Å². The third kappa shape index (κ3) is 6.46. The Labute approximate surface area is 136 Å². The molecule has 1 aromatic rings. The molecule has 0 fully saturated rings. The molecule has 0 aromatic heterocycles. The summed E-state index contributed by atoms with van der Waals surface area (Å²) in [5.41, 5.74) is 1.71. The van der Waals surface area contributed by atoms with Crippen LogP contribution in [0.1, 0.15) is 48.5 Å². The van der Waals surface area contributed by atoms with Crippen LogP contribution < -0.4 is 5.32 Å². The third-order valence-corrected chi connectivity index (χ3v) is 3.56. The first-order valence-corrected chi connectivity index (χ1v) is 7.73. The fraction of sp³-hybridized carbons (Fsp3) is 0.389. The van der Waals surface area contributed by atoms with Gasteiger partial charge in [-0.25, -0.2) is 4.79 Å². The summed E-state index contributed by atoms with van der Waals surface area (Å²) in [6.45, 7) is 5.56. The molecule has 0 bridgehead atoms. The highest BCUT2D eigenvalue weighted by Crippen LogP contribution is 2.09. The Hall–Kier alpha value is -2.43. The van der Waals surface area contributed by atoms with Crippen molar-refractivity contribution in [2.24, 2.45) is 0 Å². The van der Waals surface area contributed by atoms with Crippen molar-refractivity contribution < 1.29 is 19.5 Å². The summed E-state index contributed by atoms with van der Waals surface area (Å²) >= 11 is 0. The van der Waals surface area contributed by atoms with Crippen LogP contribution in [-0.2, 0) is 16.0 Å². The highest BCUT2D eigenvalue weighted by molar-refractivity contribution is 5.98. The van der Waals surface area contributed by atoms with Gasteiger partial charge in [0, 0.05) is 18.4 Å². The number of carboxylic acids is 1. The van der Waals surface area contributed by atoms with Crippen LogP contribution in [0.3, 0.4) is 0 Å². The first-order chi connectivity index (χ1) is 11.0. The van der Waals surface area contributed by atoms with Gasteiger partial charge in [-0.15, -0.1) is 6.58 Å². The minimum atomic E-state index is -1.08. The van der Waals surface area contributed by atoms with E-state index in [9.17, 15) is 14.4 Å². The smallest absolute Gasteiger partial charge is 0.326 e. The van der Waals surface area contributed by atoms with Crippen LogP contribution in [0.15, 0.2) is 36.9 Å². The van der Waals surface area contributed by atoms with Gasteiger partial charge in [0.15, 0.2) is 5.78 Å². The Balaban J connectivity index is 2.48. The molecule has 0 radical (unpaired) electrons. The number of allylic oxidation sites excluding steroid dienone is 1. The second-order valence-electron chi connectivity index (χ2n) is 5.30. The van der Waals surface area contributed by atoms with Gasteiger partial charge in [-0.3, -0.25) is 9.59 Å². The van der Waals surface area contributed by atoms with Crippen LogP contribution in [0, 0.1) is 0 Å². The lowest BCUT2D eigenvalue weighted by Gasteiger charge is -2.13. The molecule has 0 saturated carbocycles. The summed E-state index contributed by atoms with van der Waals surface area (Å²) in [4.78, 5) is 34.9. The van der Waals surface area contributed by atoms with Gasteiger partial charge in [0.25, 0.3) is 0 Å². The fourth-order valence-corrected chi connectivity index (χ4v) is 2.11. The number of benzene rings is 1. The predicted molar refractivity (Wildman–Crippen MR) is 88.4 cm³/mol. The van der Waals surface area contributed by atoms with E-state index in [1.807, 2.05) is 19.1 Å². The minimum absolute atomic E-state index is 0.0216. The molecule has 0 heterocycles. The molecular formula is C18H23NO4. The van der Waals surface area contributed by atoms with Crippen molar-refractivity contribution in [2.75, 3.05) is 0 Å². The Morgan fingerprint density at radius 2 is 1.87 bits per heavy atom. The molecule has 0 spiro atoms. The predicted octanol–water partition coefficient (Wildman–Crippen LogP) is 2.75. The Bertz CT molecular complexity index is 563. The topological polar surface area (TPSA) is 83.5 Å². The van der Waals surface area contributed by atoms with Crippen molar-refractivity contribution >= 4 is 17.7 Å². The quantitative estimate of drug-likeness (QED) is 0.513. The molecule has 1 aromatic carbocycles. The number of ketones is 1. The van der Waals surface area contributed by atoms with Crippen molar-refractivity contribution in [1.29, 1.82) is 0 Å². The van der Waals surface area contributed by atoms with E-state index in [2.05, 4.69) is 11.9 Å². The molecule has 2 N–H and O–H groups in total. The number of hydrogen-bond acceptors (Lipinski definition) is 3. The lowest BCUT2D eigenvalue weighted by atomic mass is 10.0. The highest BCUT2D eigenvalue weighted by atomic mass is 16.4. The number of rotatable bonds is 10. The van der Waals surface area contributed by atoms with Gasteiger partial charge >= 0.3 is 5.97 Å². The zero-order valence-corrected chi connectivity index (χ0v) is 13.4. The maximum absolute atomic E-state index is 12.0. The molecular weight excluding hydrogens is 294 g/mol. The maximum atomic E-state index is 12.0. The average molecular weight is 317 g/mol. The molecule has 5 heteroatoms. The molecule has 0 aliphatic heterocycles. The summed E-state index contributed by atoms with van der Waals surface area (Å²) in [5.74, 6) is -1.64. The van der Waals surface area contributed by atoms with Gasteiger partial charge in [-0.1, -0.05) is 37.3 Å². The second-order valence-corrected chi connectivity index (χ2v) is 5.30. The molecule has 124 valence electrons. The first kappa shape index (κ1) is 18.6. The van der Waals surface area contributed by atoms with Crippen LogP contribution in [0.5, 0.6) is 0 Å². The van der Waals surface area contributed by atoms with Crippen molar-refractivity contribution in [2.45, 2.75) is 45.1 Å². The molecule has 1 unspecified atom stereocenters. The molecule has 1 amide bonds. The molecule has 5 nitrogen and oxygen atoms in total. The number of carbonyl (C=O) groups is 3. The molecule has 23 heavy (non-hydrogen) atoms. The summed E-state index contributed by atoms with van der Waals surface area (Å²) in [5, 5.41) is 11.5. The Morgan fingerprint density at radius 3 is 2.39 bits per heavy atom. The van der Waals surface area contributed by atoms with Gasteiger partial charge in [-0.2, -0.15) is 0 Å². The fourth-order valence-electron chi connectivity index (χ4n) is 2.11.